The minimum absolute atomic E-state index is 0.343. The van der Waals surface area contributed by atoms with Crippen LogP contribution in [0.4, 0.5) is 0 Å². The van der Waals surface area contributed by atoms with Crippen LogP contribution in [0.25, 0.3) is 0 Å². The second-order valence-corrected chi connectivity index (χ2v) is 6.69. The van der Waals surface area contributed by atoms with E-state index in [0.717, 1.165) is 30.5 Å². The molecule has 0 aliphatic heterocycles. The zero-order chi connectivity index (χ0) is 15.9. The second-order valence-electron chi connectivity index (χ2n) is 6.69. The Morgan fingerprint density at radius 1 is 1.32 bits per heavy atom. The smallest absolute Gasteiger partial charge is 0.335 e. The Morgan fingerprint density at radius 2 is 2.05 bits per heavy atom. The summed E-state index contributed by atoms with van der Waals surface area (Å²) in [7, 11) is 0. The van der Waals surface area contributed by atoms with Gasteiger partial charge in [0.25, 0.3) is 0 Å². The van der Waals surface area contributed by atoms with Crippen molar-refractivity contribution in [2.24, 2.45) is 11.8 Å². The van der Waals surface area contributed by atoms with Gasteiger partial charge in [0.15, 0.2) is 0 Å². The van der Waals surface area contributed by atoms with Crippen LogP contribution >= 0.6 is 0 Å². The van der Waals surface area contributed by atoms with Gasteiger partial charge in [-0.2, -0.15) is 0 Å². The first kappa shape index (κ1) is 16.8. The molecule has 120 valence electrons. The number of rotatable bonds is 7. The molecule has 3 nitrogen and oxygen atoms in total. The van der Waals surface area contributed by atoms with E-state index in [9.17, 15) is 4.79 Å². The number of carboxylic acids is 1. The maximum atomic E-state index is 10.8. The Bertz CT molecular complexity index is 507. The van der Waals surface area contributed by atoms with Crippen LogP contribution in [-0.2, 0) is 6.54 Å². The summed E-state index contributed by atoms with van der Waals surface area (Å²) in [5.41, 5.74) is 2.90. The lowest BCUT2D eigenvalue weighted by Gasteiger charge is -2.28. The molecule has 0 aromatic heterocycles. The molecule has 1 aromatic rings. The largest absolute Gasteiger partial charge is 0.478 e. The first-order valence-electron chi connectivity index (χ1n) is 8.24. The summed E-state index contributed by atoms with van der Waals surface area (Å²) in [6.45, 7) is 8.30. The van der Waals surface area contributed by atoms with Gasteiger partial charge in [-0.1, -0.05) is 31.2 Å². The lowest BCUT2D eigenvalue weighted by molar-refractivity contribution is 0.0697. The summed E-state index contributed by atoms with van der Waals surface area (Å²) < 4.78 is 0. The van der Waals surface area contributed by atoms with Crippen molar-refractivity contribution in [3.63, 3.8) is 0 Å². The van der Waals surface area contributed by atoms with E-state index in [0.29, 0.717) is 5.56 Å². The Kier molecular flexibility index (Phi) is 6.20. The molecule has 1 aliphatic rings. The summed E-state index contributed by atoms with van der Waals surface area (Å²) in [6, 6.07) is 7.08. The van der Waals surface area contributed by atoms with Crippen LogP contribution in [0, 0.1) is 11.8 Å². The molecular formula is C19H27NO2. The second kappa shape index (κ2) is 8.14. The minimum atomic E-state index is -0.872. The molecule has 2 rings (SSSR count). The minimum Gasteiger partial charge on any atom is -0.478 e. The SMILES string of the molecule is C=C1CC(C)CC(CCCNCc2ccc(C(=O)O)cc2)C1. The molecule has 1 fully saturated rings. The average molecular weight is 301 g/mol. The Labute approximate surface area is 133 Å². The fourth-order valence-electron chi connectivity index (χ4n) is 3.45. The zero-order valence-corrected chi connectivity index (χ0v) is 13.5. The summed E-state index contributed by atoms with van der Waals surface area (Å²) in [5.74, 6) is 0.739. The van der Waals surface area contributed by atoms with Crippen molar-refractivity contribution in [1.29, 1.82) is 0 Å². The molecule has 2 N–H and O–H groups in total. The highest BCUT2D eigenvalue weighted by Crippen LogP contribution is 2.34. The van der Waals surface area contributed by atoms with Crippen LogP contribution in [0.2, 0.25) is 0 Å². The van der Waals surface area contributed by atoms with Crippen molar-refractivity contribution in [1.82, 2.24) is 5.32 Å². The van der Waals surface area contributed by atoms with E-state index >= 15 is 0 Å². The number of carbonyl (C=O) groups is 1. The van der Waals surface area contributed by atoms with E-state index in [1.54, 1.807) is 12.1 Å². The molecular weight excluding hydrogens is 274 g/mol. The molecule has 0 radical (unpaired) electrons. The molecule has 0 saturated heterocycles. The zero-order valence-electron chi connectivity index (χ0n) is 13.5. The molecule has 0 spiro atoms. The van der Waals surface area contributed by atoms with Crippen LogP contribution in [0.1, 0.15) is 54.9 Å². The standard InChI is InChI=1S/C19H27NO2/c1-14-10-15(2)12-17(11-14)4-3-9-20-13-16-5-7-18(8-6-16)19(21)22/h5-8,15,17,20H,1,3-4,9-13H2,2H3,(H,21,22). The molecule has 1 aromatic carbocycles. The maximum Gasteiger partial charge on any atom is 0.335 e. The predicted molar refractivity (Wildman–Crippen MR) is 90.0 cm³/mol. The van der Waals surface area contributed by atoms with Gasteiger partial charge in [0.2, 0.25) is 0 Å². The molecule has 0 amide bonds. The van der Waals surface area contributed by atoms with E-state index in [1.165, 1.54) is 37.7 Å². The van der Waals surface area contributed by atoms with Crippen LogP contribution < -0.4 is 5.32 Å². The lowest BCUT2D eigenvalue weighted by Crippen LogP contribution is -2.19. The highest BCUT2D eigenvalue weighted by molar-refractivity contribution is 5.87. The number of aromatic carboxylic acids is 1. The topological polar surface area (TPSA) is 49.3 Å². The molecule has 1 aliphatic carbocycles. The molecule has 1 saturated carbocycles. The third-order valence-corrected chi connectivity index (χ3v) is 4.45. The normalized spacial score (nSPS) is 21.8. The molecule has 0 heterocycles. The molecule has 2 atom stereocenters. The summed E-state index contributed by atoms with van der Waals surface area (Å²) in [6.07, 6.45) is 6.23. The van der Waals surface area contributed by atoms with Gasteiger partial charge in [0.05, 0.1) is 5.56 Å². The Hall–Kier alpha value is -1.61. The highest BCUT2D eigenvalue weighted by atomic mass is 16.4. The van der Waals surface area contributed by atoms with Crippen LogP contribution in [0.3, 0.4) is 0 Å². The van der Waals surface area contributed by atoms with Gasteiger partial charge in [-0.05, 0) is 68.2 Å². The third kappa shape index (κ3) is 5.30. The van der Waals surface area contributed by atoms with Gasteiger partial charge in [-0.3, -0.25) is 0 Å². The first-order chi connectivity index (χ1) is 10.5. The third-order valence-electron chi connectivity index (χ3n) is 4.45. The number of hydrogen-bond acceptors (Lipinski definition) is 2. The summed E-state index contributed by atoms with van der Waals surface area (Å²) >= 11 is 0. The van der Waals surface area contributed by atoms with Gasteiger partial charge < -0.3 is 10.4 Å². The molecule has 2 unspecified atom stereocenters. The van der Waals surface area contributed by atoms with Crippen molar-refractivity contribution >= 4 is 5.97 Å². The number of nitrogens with one attached hydrogen (secondary N) is 1. The molecule has 3 heteroatoms. The van der Waals surface area contributed by atoms with Gasteiger partial charge in [0, 0.05) is 6.54 Å². The van der Waals surface area contributed by atoms with E-state index < -0.39 is 5.97 Å². The monoisotopic (exact) mass is 301 g/mol. The maximum absolute atomic E-state index is 10.8. The number of carboxylic acid groups (broad SMARTS) is 1. The Balaban J connectivity index is 1.63. The van der Waals surface area contributed by atoms with Gasteiger partial charge in [-0.15, -0.1) is 0 Å². The number of hydrogen-bond donors (Lipinski definition) is 2. The van der Waals surface area contributed by atoms with Crippen molar-refractivity contribution in [3.05, 3.63) is 47.5 Å². The van der Waals surface area contributed by atoms with E-state index in [4.69, 9.17) is 5.11 Å². The van der Waals surface area contributed by atoms with E-state index in [-0.39, 0.29) is 0 Å². The first-order valence-corrected chi connectivity index (χ1v) is 8.24. The van der Waals surface area contributed by atoms with E-state index in [1.807, 2.05) is 12.1 Å². The van der Waals surface area contributed by atoms with Crippen LogP contribution in [-0.4, -0.2) is 17.6 Å². The van der Waals surface area contributed by atoms with Crippen molar-refractivity contribution in [3.8, 4) is 0 Å². The van der Waals surface area contributed by atoms with Gasteiger partial charge >= 0.3 is 5.97 Å². The number of benzene rings is 1. The van der Waals surface area contributed by atoms with E-state index in [2.05, 4.69) is 18.8 Å². The molecule has 22 heavy (non-hydrogen) atoms. The lowest BCUT2D eigenvalue weighted by atomic mass is 9.78. The number of allylic oxidation sites excluding steroid dienone is 1. The van der Waals surface area contributed by atoms with Crippen molar-refractivity contribution < 1.29 is 9.90 Å². The average Bonchev–Trinajstić information content (AvgIpc) is 2.46. The summed E-state index contributed by atoms with van der Waals surface area (Å²) in [5, 5.41) is 12.3. The van der Waals surface area contributed by atoms with Gasteiger partial charge in [-0.25, -0.2) is 4.79 Å². The van der Waals surface area contributed by atoms with Crippen molar-refractivity contribution in [2.75, 3.05) is 6.54 Å². The van der Waals surface area contributed by atoms with Gasteiger partial charge in [0.1, 0.15) is 0 Å². The fraction of sp³-hybridized carbons (Fsp3) is 0.526. The van der Waals surface area contributed by atoms with Crippen molar-refractivity contribution in [2.45, 2.75) is 45.6 Å². The fourth-order valence-corrected chi connectivity index (χ4v) is 3.45. The summed E-state index contributed by atoms with van der Waals surface area (Å²) in [4.78, 5) is 10.8. The Morgan fingerprint density at radius 3 is 2.68 bits per heavy atom. The predicted octanol–water partition coefficient (Wildman–Crippen LogP) is 4.25. The van der Waals surface area contributed by atoms with Crippen LogP contribution in [0.15, 0.2) is 36.4 Å². The van der Waals surface area contributed by atoms with Crippen LogP contribution in [0.5, 0.6) is 0 Å². The quantitative estimate of drug-likeness (QED) is 0.585. The molecule has 0 bridgehead atoms. The highest BCUT2D eigenvalue weighted by Gasteiger charge is 2.20.